The normalized spacial score (nSPS) is 10.2. The van der Waals surface area contributed by atoms with Crippen LogP contribution in [0.15, 0.2) is 54.6 Å². The first-order valence-corrected chi connectivity index (χ1v) is 7.70. The number of para-hydroxylation sites is 1. The lowest BCUT2D eigenvalue weighted by Crippen LogP contribution is -2.12. The van der Waals surface area contributed by atoms with Crippen molar-refractivity contribution in [3.63, 3.8) is 0 Å². The number of benzene rings is 2. The molecule has 0 heterocycles. The summed E-state index contributed by atoms with van der Waals surface area (Å²) in [4.78, 5) is 11.6. The van der Waals surface area contributed by atoms with Gasteiger partial charge in [0.2, 0.25) is 0 Å². The molecule has 0 saturated carbocycles. The van der Waals surface area contributed by atoms with E-state index >= 15 is 0 Å². The van der Waals surface area contributed by atoms with Gasteiger partial charge in [-0.05, 0) is 49.8 Å². The van der Waals surface area contributed by atoms with Crippen LogP contribution in [0.1, 0.15) is 30.4 Å². The van der Waals surface area contributed by atoms with Gasteiger partial charge in [-0.3, -0.25) is 0 Å². The van der Waals surface area contributed by atoms with E-state index in [1.165, 1.54) is 5.56 Å². The summed E-state index contributed by atoms with van der Waals surface area (Å²) in [7, 11) is 0. The molecule has 2 rings (SSSR count). The van der Waals surface area contributed by atoms with Crippen LogP contribution in [0.5, 0.6) is 5.75 Å². The first-order chi connectivity index (χ1) is 10.8. The molecular formula is C19H22O3. The van der Waals surface area contributed by atoms with Crippen molar-refractivity contribution in [1.29, 1.82) is 0 Å². The topological polar surface area (TPSA) is 35.5 Å². The molecule has 2 aromatic carbocycles. The minimum absolute atomic E-state index is 0.402. The number of hydrogen-bond acceptors (Lipinski definition) is 3. The van der Waals surface area contributed by atoms with Crippen molar-refractivity contribution in [3.05, 3.63) is 65.7 Å². The summed E-state index contributed by atoms with van der Waals surface area (Å²) in [5.74, 6) is 0.552. The van der Waals surface area contributed by atoms with Gasteiger partial charge in [-0.1, -0.05) is 48.5 Å². The van der Waals surface area contributed by atoms with Crippen molar-refractivity contribution in [2.24, 2.45) is 0 Å². The van der Waals surface area contributed by atoms with E-state index < -0.39 is 6.16 Å². The van der Waals surface area contributed by atoms with E-state index in [4.69, 9.17) is 9.47 Å². The molecule has 3 nitrogen and oxygen atoms in total. The molecule has 0 amide bonds. The highest BCUT2D eigenvalue weighted by molar-refractivity contribution is 5.64. The van der Waals surface area contributed by atoms with E-state index in [1.807, 2.05) is 31.2 Å². The van der Waals surface area contributed by atoms with E-state index in [9.17, 15) is 4.79 Å². The fourth-order valence-corrected chi connectivity index (χ4v) is 2.20. The molecule has 0 spiro atoms. The zero-order valence-electron chi connectivity index (χ0n) is 13.0. The Kier molecular flexibility index (Phi) is 6.49. The average molecular weight is 298 g/mol. The molecule has 0 atom stereocenters. The number of carbonyl (C=O) groups excluding carboxylic acids is 1. The van der Waals surface area contributed by atoms with E-state index in [2.05, 4.69) is 24.3 Å². The van der Waals surface area contributed by atoms with Crippen LogP contribution in [0, 0.1) is 6.92 Å². The predicted octanol–water partition coefficient (Wildman–Crippen LogP) is 4.92. The number of aryl methyl sites for hydroxylation is 2. The molecule has 3 heteroatoms. The Morgan fingerprint density at radius 1 is 0.909 bits per heavy atom. The summed E-state index contributed by atoms with van der Waals surface area (Å²) in [5.41, 5.74) is 2.27. The Morgan fingerprint density at radius 3 is 2.41 bits per heavy atom. The fourth-order valence-electron chi connectivity index (χ4n) is 2.20. The molecule has 116 valence electrons. The van der Waals surface area contributed by atoms with Crippen molar-refractivity contribution in [3.8, 4) is 5.75 Å². The van der Waals surface area contributed by atoms with E-state index in [0.717, 1.165) is 31.2 Å². The minimum atomic E-state index is -0.627. The van der Waals surface area contributed by atoms with Gasteiger partial charge in [0, 0.05) is 0 Å². The first kappa shape index (κ1) is 16.1. The molecule has 0 aliphatic rings. The molecule has 0 unspecified atom stereocenters. The zero-order chi connectivity index (χ0) is 15.6. The van der Waals surface area contributed by atoms with E-state index in [0.29, 0.717) is 12.4 Å². The summed E-state index contributed by atoms with van der Waals surface area (Å²) in [5, 5.41) is 0. The summed E-state index contributed by atoms with van der Waals surface area (Å²) in [6.07, 6.45) is 3.43. The molecular weight excluding hydrogens is 276 g/mol. The Labute approximate surface area is 131 Å². The van der Waals surface area contributed by atoms with Crippen LogP contribution in [0.3, 0.4) is 0 Å². The maximum Gasteiger partial charge on any atom is 0.513 e. The van der Waals surface area contributed by atoms with Gasteiger partial charge >= 0.3 is 6.16 Å². The molecule has 0 bridgehead atoms. The van der Waals surface area contributed by atoms with Crippen molar-refractivity contribution in [2.45, 2.75) is 32.6 Å². The van der Waals surface area contributed by atoms with Gasteiger partial charge in [0.25, 0.3) is 0 Å². The number of carbonyl (C=O) groups is 1. The Bertz CT molecular complexity index is 578. The SMILES string of the molecule is Cc1ccccc1OC(=O)OCCCCCc1ccccc1. The van der Waals surface area contributed by atoms with Crippen LogP contribution in [0.2, 0.25) is 0 Å². The first-order valence-electron chi connectivity index (χ1n) is 7.70. The Balaban J connectivity index is 1.57. The maximum absolute atomic E-state index is 11.6. The largest absolute Gasteiger partial charge is 0.513 e. The third kappa shape index (κ3) is 5.60. The second kappa shape index (κ2) is 8.88. The van der Waals surface area contributed by atoms with Gasteiger partial charge in [0.15, 0.2) is 0 Å². The van der Waals surface area contributed by atoms with Crippen LogP contribution < -0.4 is 4.74 Å². The fraction of sp³-hybridized carbons (Fsp3) is 0.316. The number of ether oxygens (including phenoxy) is 2. The molecule has 0 saturated heterocycles. The van der Waals surface area contributed by atoms with Crippen molar-refractivity contribution in [2.75, 3.05) is 6.61 Å². The lowest BCUT2D eigenvalue weighted by atomic mass is 10.1. The van der Waals surface area contributed by atoms with Crippen LogP contribution in [-0.2, 0) is 11.2 Å². The molecule has 0 aliphatic carbocycles. The highest BCUT2D eigenvalue weighted by Crippen LogP contribution is 2.16. The second-order valence-electron chi connectivity index (χ2n) is 5.26. The monoisotopic (exact) mass is 298 g/mol. The highest BCUT2D eigenvalue weighted by Gasteiger charge is 2.07. The standard InChI is InChI=1S/C19H22O3/c1-16-10-7-8-14-18(16)22-19(20)21-15-9-3-6-13-17-11-4-2-5-12-17/h2,4-5,7-8,10-12,14H,3,6,9,13,15H2,1H3. The Hall–Kier alpha value is -2.29. The quantitative estimate of drug-likeness (QED) is 0.413. The maximum atomic E-state index is 11.6. The lowest BCUT2D eigenvalue weighted by molar-refractivity contribution is 0.0971. The van der Waals surface area contributed by atoms with Crippen molar-refractivity contribution in [1.82, 2.24) is 0 Å². The summed E-state index contributed by atoms with van der Waals surface area (Å²) >= 11 is 0. The van der Waals surface area contributed by atoms with Crippen LogP contribution in [-0.4, -0.2) is 12.8 Å². The second-order valence-corrected chi connectivity index (χ2v) is 5.26. The molecule has 2 aromatic rings. The van der Waals surface area contributed by atoms with Crippen LogP contribution in [0.25, 0.3) is 0 Å². The smallest absolute Gasteiger partial charge is 0.434 e. The zero-order valence-corrected chi connectivity index (χ0v) is 13.0. The van der Waals surface area contributed by atoms with Gasteiger partial charge in [-0.15, -0.1) is 0 Å². The third-order valence-electron chi connectivity index (χ3n) is 3.46. The molecule has 22 heavy (non-hydrogen) atoms. The average Bonchev–Trinajstić information content (AvgIpc) is 2.54. The van der Waals surface area contributed by atoms with E-state index in [-0.39, 0.29) is 0 Å². The number of rotatable bonds is 7. The van der Waals surface area contributed by atoms with Gasteiger partial charge in [0.05, 0.1) is 6.61 Å². The van der Waals surface area contributed by atoms with Crippen molar-refractivity contribution < 1.29 is 14.3 Å². The minimum Gasteiger partial charge on any atom is -0.434 e. The number of hydrogen-bond donors (Lipinski definition) is 0. The van der Waals surface area contributed by atoms with Gasteiger partial charge in [-0.25, -0.2) is 4.79 Å². The van der Waals surface area contributed by atoms with Crippen LogP contribution in [0.4, 0.5) is 4.79 Å². The van der Waals surface area contributed by atoms with Crippen LogP contribution >= 0.6 is 0 Å². The van der Waals surface area contributed by atoms with E-state index in [1.54, 1.807) is 6.07 Å². The van der Waals surface area contributed by atoms with Crippen molar-refractivity contribution >= 4 is 6.16 Å². The third-order valence-corrected chi connectivity index (χ3v) is 3.46. The van der Waals surface area contributed by atoms with Gasteiger partial charge in [0.1, 0.15) is 5.75 Å². The predicted molar refractivity (Wildman–Crippen MR) is 87.2 cm³/mol. The number of unbranched alkanes of at least 4 members (excludes halogenated alkanes) is 2. The van der Waals surface area contributed by atoms with Gasteiger partial charge in [-0.2, -0.15) is 0 Å². The molecule has 0 fully saturated rings. The molecule has 0 radical (unpaired) electrons. The Morgan fingerprint density at radius 2 is 1.64 bits per heavy atom. The molecule has 0 aliphatic heterocycles. The molecule has 0 aromatic heterocycles. The highest BCUT2D eigenvalue weighted by atomic mass is 16.7. The summed E-state index contributed by atoms with van der Waals surface area (Å²) in [6.45, 7) is 2.30. The summed E-state index contributed by atoms with van der Waals surface area (Å²) in [6, 6.07) is 17.8. The summed E-state index contributed by atoms with van der Waals surface area (Å²) < 4.78 is 10.3. The molecule has 0 N–H and O–H groups in total. The lowest BCUT2D eigenvalue weighted by Gasteiger charge is -2.07. The van der Waals surface area contributed by atoms with Gasteiger partial charge < -0.3 is 9.47 Å².